The summed E-state index contributed by atoms with van der Waals surface area (Å²) in [5.41, 5.74) is 0.779. The van der Waals surface area contributed by atoms with Gasteiger partial charge in [-0.3, -0.25) is 0 Å². The first kappa shape index (κ1) is 8.85. The highest BCUT2D eigenvalue weighted by molar-refractivity contribution is 6.31. The fourth-order valence-electron chi connectivity index (χ4n) is 1.74. The second-order valence-corrected chi connectivity index (χ2v) is 3.87. The molecule has 1 fully saturated rings. The van der Waals surface area contributed by atoms with Gasteiger partial charge in [0.05, 0.1) is 0 Å². The van der Waals surface area contributed by atoms with Crippen LogP contribution >= 0.6 is 11.6 Å². The molecule has 1 saturated carbocycles. The standard InChI is InChI=1S/C10H12ClNO/c1-12-10(5-6-10)9-7(11)3-2-4-8(9)13/h2-4,12-13H,5-6H2,1H3. The van der Waals surface area contributed by atoms with Gasteiger partial charge in [-0.1, -0.05) is 17.7 Å². The number of benzene rings is 1. The van der Waals surface area contributed by atoms with Gasteiger partial charge in [-0.25, -0.2) is 0 Å². The minimum absolute atomic E-state index is 0.0670. The second kappa shape index (κ2) is 2.89. The molecular weight excluding hydrogens is 186 g/mol. The van der Waals surface area contributed by atoms with Crippen LogP contribution in [0.1, 0.15) is 18.4 Å². The predicted molar refractivity (Wildman–Crippen MR) is 53.1 cm³/mol. The summed E-state index contributed by atoms with van der Waals surface area (Å²) in [7, 11) is 1.90. The lowest BCUT2D eigenvalue weighted by Crippen LogP contribution is -2.24. The van der Waals surface area contributed by atoms with Crippen molar-refractivity contribution in [2.24, 2.45) is 0 Å². The van der Waals surface area contributed by atoms with Crippen LogP contribution in [-0.2, 0) is 5.54 Å². The highest BCUT2D eigenvalue weighted by Crippen LogP contribution is 2.50. The maximum Gasteiger partial charge on any atom is 0.122 e. The van der Waals surface area contributed by atoms with E-state index in [9.17, 15) is 5.11 Å². The van der Waals surface area contributed by atoms with E-state index in [0.717, 1.165) is 18.4 Å². The van der Waals surface area contributed by atoms with E-state index in [4.69, 9.17) is 11.6 Å². The molecule has 2 N–H and O–H groups in total. The van der Waals surface area contributed by atoms with Gasteiger partial charge in [0, 0.05) is 16.1 Å². The molecule has 2 rings (SSSR count). The van der Waals surface area contributed by atoms with Crippen molar-refractivity contribution in [2.45, 2.75) is 18.4 Å². The number of halogens is 1. The van der Waals surface area contributed by atoms with E-state index in [2.05, 4.69) is 5.32 Å². The predicted octanol–water partition coefficient (Wildman–Crippen LogP) is 2.25. The van der Waals surface area contributed by atoms with Crippen molar-refractivity contribution in [2.75, 3.05) is 7.05 Å². The Morgan fingerprint density at radius 1 is 1.46 bits per heavy atom. The summed E-state index contributed by atoms with van der Waals surface area (Å²) in [5.74, 6) is 0.291. The molecule has 70 valence electrons. The van der Waals surface area contributed by atoms with Crippen LogP contribution in [0.4, 0.5) is 0 Å². The highest BCUT2D eigenvalue weighted by atomic mass is 35.5. The fourth-order valence-corrected chi connectivity index (χ4v) is 2.09. The molecule has 0 aromatic heterocycles. The molecule has 13 heavy (non-hydrogen) atoms. The number of aromatic hydroxyl groups is 1. The molecule has 0 amide bonds. The maximum absolute atomic E-state index is 9.67. The van der Waals surface area contributed by atoms with E-state index >= 15 is 0 Å². The minimum Gasteiger partial charge on any atom is -0.508 e. The normalized spacial score (nSPS) is 18.6. The second-order valence-electron chi connectivity index (χ2n) is 3.47. The molecule has 2 nitrogen and oxygen atoms in total. The van der Waals surface area contributed by atoms with Gasteiger partial charge in [-0.15, -0.1) is 0 Å². The van der Waals surface area contributed by atoms with Crippen LogP contribution < -0.4 is 5.32 Å². The van der Waals surface area contributed by atoms with Crippen LogP contribution in [0, 0.1) is 0 Å². The van der Waals surface area contributed by atoms with Crippen LogP contribution in [0.15, 0.2) is 18.2 Å². The van der Waals surface area contributed by atoms with Crippen molar-refractivity contribution in [1.29, 1.82) is 0 Å². The van der Waals surface area contributed by atoms with Crippen molar-refractivity contribution in [3.63, 3.8) is 0 Å². The monoisotopic (exact) mass is 197 g/mol. The topological polar surface area (TPSA) is 32.3 Å². The molecule has 0 spiro atoms. The smallest absolute Gasteiger partial charge is 0.122 e. The van der Waals surface area contributed by atoms with Gasteiger partial charge in [0.1, 0.15) is 5.75 Å². The zero-order valence-electron chi connectivity index (χ0n) is 7.47. The van der Waals surface area contributed by atoms with E-state index in [1.165, 1.54) is 0 Å². The Bertz CT molecular complexity index is 313. The Morgan fingerprint density at radius 3 is 2.62 bits per heavy atom. The van der Waals surface area contributed by atoms with Crippen LogP contribution in [0.5, 0.6) is 5.75 Å². The van der Waals surface area contributed by atoms with E-state index in [-0.39, 0.29) is 5.54 Å². The average molecular weight is 198 g/mol. The zero-order chi connectivity index (χ0) is 9.47. The van der Waals surface area contributed by atoms with Gasteiger partial charge >= 0.3 is 0 Å². The van der Waals surface area contributed by atoms with Crippen LogP contribution in [0.2, 0.25) is 5.02 Å². The molecule has 1 aliphatic rings. The summed E-state index contributed by atoms with van der Waals surface area (Å²) in [5, 5.41) is 13.5. The number of phenolic OH excluding ortho intramolecular Hbond substituents is 1. The van der Waals surface area contributed by atoms with Crippen molar-refractivity contribution in [3.05, 3.63) is 28.8 Å². The van der Waals surface area contributed by atoms with Crippen LogP contribution in [-0.4, -0.2) is 12.2 Å². The van der Waals surface area contributed by atoms with Crippen molar-refractivity contribution in [1.82, 2.24) is 5.32 Å². The number of nitrogens with one attached hydrogen (secondary N) is 1. The highest BCUT2D eigenvalue weighted by Gasteiger charge is 2.45. The van der Waals surface area contributed by atoms with E-state index in [1.54, 1.807) is 12.1 Å². The van der Waals surface area contributed by atoms with Gasteiger partial charge in [0.2, 0.25) is 0 Å². The molecule has 0 saturated heterocycles. The van der Waals surface area contributed by atoms with Crippen molar-refractivity contribution in [3.8, 4) is 5.75 Å². The molecule has 1 aromatic carbocycles. The van der Waals surface area contributed by atoms with Gasteiger partial charge in [0.25, 0.3) is 0 Å². The van der Waals surface area contributed by atoms with Gasteiger partial charge < -0.3 is 10.4 Å². The van der Waals surface area contributed by atoms with Crippen LogP contribution in [0.25, 0.3) is 0 Å². The van der Waals surface area contributed by atoms with E-state index in [1.807, 2.05) is 13.1 Å². The van der Waals surface area contributed by atoms with Gasteiger partial charge in [0.15, 0.2) is 0 Å². The molecular formula is C10H12ClNO. The SMILES string of the molecule is CNC1(c2c(O)cccc2Cl)CC1. The third kappa shape index (κ3) is 1.30. The summed E-state index contributed by atoms with van der Waals surface area (Å²) >= 11 is 6.03. The van der Waals surface area contributed by atoms with Gasteiger partial charge in [-0.05, 0) is 32.0 Å². The Hall–Kier alpha value is -0.730. The lowest BCUT2D eigenvalue weighted by atomic mass is 10.0. The van der Waals surface area contributed by atoms with E-state index < -0.39 is 0 Å². The lowest BCUT2D eigenvalue weighted by molar-refractivity contribution is 0.449. The van der Waals surface area contributed by atoms with E-state index in [0.29, 0.717) is 10.8 Å². The lowest BCUT2D eigenvalue weighted by Gasteiger charge is -2.17. The Kier molecular flexibility index (Phi) is 1.97. The Balaban J connectivity index is 2.50. The summed E-state index contributed by atoms with van der Waals surface area (Å²) in [6.07, 6.45) is 2.08. The number of hydrogen-bond donors (Lipinski definition) is 2. The third-order valence-electron chi connectivity index (χ3n) is 2.70. The first-order valence-electron chi connectivity index (χ1n) is 4.36. The summed E-state index contributed by atoms with van der Waals surface area (Å²) < 4.78 is 0. The average Bonchev–Trinajstić information content (AvgIpc) is 2.85. The summed E-state index contributed by atoms with van der Waals surface area (Å²) in [6, 6.07) is 5.25. The summed E-state index contributed by atoms with van der Waals surface area (Å²) in [6.45, 7) is 0. The molecule has 0 radical (unpaired) electrons. The molecule has 0 bridgehead atoms. The molecule has 1 aromatic rings. The summed E-state index contributed by atoms with van der Waals surface area (Å²) in [4.78, 5) is 0. The first-order valence-corrected chi connectivity index (χ1v) is 4.74. The number of rotatable bonds is 2. The largest absolute Gasteiger partial charge is 0.508 e. The Labute approximate surface area is 82.5 Å². The maximum atomic E-state index is 9.67. The molecule has 0 aliphatic heterocycles. The number of hydrogen-bond acceptors (Lipinski definition) is 2. The first-order chi connectivity index (χ1) is 6.19. The van der Waals surface area contributed by atoms with Crippen molar-refractivity contribution < 1.29 is 5.11 Å². The van der Waals surface area contributed by atoms with Gasteiger partial charge in [-0.2, -0.15) is 0 Å². The zero-order valence-corrected chi connectivity index (χ0v) is 8.23. The molecule has 3 heteroatoms. The molecule has 0 heterocycles. The van der Waals surface area contributed by atoms with Crippen molar-refractivity contribution >= 4 is 11.6 Å². The molecule has 0 unspecified atom stereocenters. The molecule has 0 atom stereocenters. The minimum atomic E-state index is -0.0670. The Morgan fingerprint density at radius 2 is 2.15 bits per heavy atom. The quantitative estimate of drug-likeness (QED) is 0.763. The molecule has 1 aliphatic carbocycles. The number of phenols is 1. The van der Waals surface area contributed by atoms with Crippen LogP contribution in [0.3, 0.4) is 0 Å². The fraction of sp³-hybridized carbons (Fsp3) is 0.400. The third-order valence-corrected chi connectivity index (χ3v) is 3.01.